The van der Waals surface area contributed by atoms with Crippen molar-refractivity contribution in [1.82, 2.24) is 4.31 Å². The number of aliphatic hydroxyl groups excluding tert-OH is 1. The molecular formula is C13H21FN2O3S. The van der Waals surface area contributed by atoms with Crippen molar-refractivity contribution in [3.63, 3.8) is 0 Å². The first-order chi connectivity index (χ1) is 9.36. The molecule has 0 aliphatic rings. The largest absolute Gasteiger partial charge is 0.399 e. The summed E-state index contributed by atoms with van der Waals surface area (Å²) in [5.41, 5.74) is 5.55. The highest BCUT2D eigenvalue weighted by Crippen LogP contribution is 2.23. The number of hydrogen-bond donors (Lipinski definition) is 2. The van der Waals surface area contributed by atoms with Gasteiger partial charge in [-0.3, -0.25) is 0 Å². The zero-order valence-corrected chi connectivity index (χ0v) is 12.5. The standard InChI is InChI=1S/C13H21FN2O3S/c1-3-12(4-2)16(5-6-17)20(18,19)13-8-10(14)7-11(15)9-13/h7-9,12,17H,3-6,15H2,1-2H3. The second-order valence-electron chi connectivity index (χ2n) is 4.53. The lowest BCUT2D eigenvalue weighted by Gasteiger charge is -2.29. The highest BCUT2D eigenvalue weighted by atomic mass is 32.2. The van der Waals surface area contributed by atoms with Crippen molar-refractivity contribution < 1.29 is 17.9 Å². The van der Waals surface area contributed by atoms with Crippen molar-refractivity contribution in [2.24, 2.45) is 0 Å². The Bertz CT molecular complexity index is 524. The van der Waals surface area contributed by atoms with E-state index in [1.165, 1.54) is 10.4 Å². The molecule has 0 atom stereocenters. The van der Waals surface area contributed by atoms with Gasteiger partial charge in [0.15, 0.2) is 0 Å². The summed E-state index contributed by atoms with van der Waals surface area (Å²) in [6.07, 6.45) is 1.22. The lowest BCUT2D eigenvalue weighted by molar-refractivity contribution is 0.219. The van der Waals surface area contributed by atoms with Crippen LogP contribution in [0.5, 0.6) is 0 Å². The van der Waals surface area contributed by atoms with Gasteiger partial charge in [-0.05, 0) is 31.0 Å². The molecule has 0 bridgehead atoms. The first kappa shape index (κ1) is 16.9. The normalized spacial score (nSPS) is 12.3. The SMILES string of the molecule is CCC(CC)N(CCO)S(=O)(=O)c1cc(N)cc(F)c1. The van der Waals surface area contributed by atoms with E-state index in [4.69, 9.17) is 10.8 Å². The maximum atomic E-state index is 13.4. The van der Waals surface area contributed by atoms with Gasteiger partial charge in [-0.15, -0.1) is 0 Å². The molecule has 20 heavy (non-hydrogen) atoms. The smallest absolute Gasteiger partial charge is 0.243 e. The highest BCUT2D eigenvalue weighted by molar-refractivity contribution is 7.89. The molecule has 1 aromatic rings. The Hall–Kier alpha value is -1.18. The van der Waals surface area contributed by atoms with Gasteiger partial charge >= 0.3 is 0 Å². The minimum Gasteiger partial charge on any atom is -0.399 e. The fourth-order valence-corrected chi connectivity index (χ4v) is 3.99. The third kappa shape index (κ3) is 3.68. The van der Waals surface area contributed by atoms with E-state index in [1.54, 1.807) is 0 Å². The number of sulfonamides is 1. The van der Waals surface area contributed by atoms with Gasteiger partial charge in [0.1, 0.15) is 5.82 Å². The van der Waals surface area contributed by atoms with Crippen LogP contribution in [0.4, 0.5) is 10.1 Å². The van der Waals surface area contributed by atoms with Crippen LogP contribution in [0, 0.1) is 5.82 Å². The van der Waals surface area contributed by atoms with Gasteiger partial charge in [0.2, 0.25) is 10.0 Å². The first-order valence-corrected chi connectivity index (χ1v) is 7.99. The highest BCUT2D eigenvalue weighted by Gasteiger charge is 2.29. The summed E-state index contributed by atoms with van der Waals surface area (Å²) in [6.45, 7) is 3.42. The molecule has 0 unspecified atom stereocenters. The van der Waals surface area contributed by atoms with Crippen LogP contribution < -0.4 is 5.73 Å². The minimum atomic E-state index is -3.88. The molecule has 0 aliphatic carbocycles. The quantitative estimate of drug-likeness (QED) is 0.749. The fourth-order valence-electron chi connectivity index (χ4n) is 2.16. The molecule has 0 amide bonds. The Balaban J connectivity index is 3.28. The summed E-state index contributed by atoms with van der Waals surface area (Å²) in [7, 11) is -3.88. The van der Waals surface area contributed by atoms with Crippen molar-refractivity contribution in [2.45, 2.75) is 37.6 Å². The summed E-state index contributed by atoms with van der Waals surface area (Å²) in [4.78, 5) is -0.185. The number of rotatable bonds is 7. The van der Waals surface area contributed by atoms with E-state index in [1.807, 2.05) is 13.8 Å². The molecule has 0 radical (unpaired) electrons. The maximum absolute atomic E-state index is 13.4. The van der Waals surface area contributed by atoms with Gasteiger partial charge in [0.25, 0.3) is 0 Å². The minimum absolute atomic E-state index is 0.0227. The van der Waals surface area contributed by atoms with Gasteiger partial charge in [-0.1, -0.05) is 13.8 Å². The van der Waals surface area contributed by atoms with E-state index < -0.39 is 15.8 Å². The van der Waals surface area contributed by atoms with Crippen molar-refractivity contribution in [2.75, 3.05) is 18.9 Å². The zero-order chi connectivity index (χ0) is 15.3. The van der Waals surface area contributed by atoms with Crippen LogP contribution in [0.25, 0.3) is 0 Å². The Kier molecular flexibility index (Phi) is 5.91. The molecule has 5 nitrogen and oxygen atoms in total. The lowest BCUT2D eigenvalue weighted by Crippen LogP contribution is -2.41. The molecule has 114 valence electrons. The average Bonchev–Trinajstić information content (AvgIpc) is 2.38. The third-order valence-corrected chi connectivity index (χ3v) is 5.10. The summed E-state index contributed by atoms with van der Waals surface area (Å²) in [5.74, 6) is -0.697. The lowest BCUT2D eigenvalue weighted by atomic mass is 10.2. The first-order valence-electron chi connectivity index (χ1n) is 6.55. The number of halogens is 1. The average molecular weight is 304 g/mol. The van der Waals surface area contributed by atoms with E-state index >= 15 is 0 Å². The maximum Gasteiger partial charge on any atom is 0.243 e. The number of anilines is 1. The van der Waals surface area contributed by atoms with E-state index in [0.29, 0.717) is 12.8 Å². The van der Waals surface area contributed by atoms with Gasteiger partial charge in [-0.2, -0.15) is 4.31 Å². The van der Waals surface area contributed by atoms with Crippen molar-refractivity contribution in [3.05, 3.63) is 24.0 Å². The van der Waals surface area contributed by atoms with Crippen LogP contribution in [0.3, 0.4) is 0 Å². The van der Waals surface area contributed by atoms with Crippen LogP contribution in [0.15, 0.2) is 23.1 Å². The van der Waals surface area contributed by atoms with Gasteiger partial charge < -0.3 is 10.8 Å². The van der Waals surface area contributed by atoms with E-state index in [-0.39, 0.29) is 29.8 Å². The molecule has 0 heterocycles. The number of hydrogen-bond acceptors (Lipinski definition) is 4. The van der Waals surface area contributed by atoms with Crippen LogP contribution in [-0.4, -0.2) is 37.0 Å². The summed E-state index contributed by atoms with van der Waals surface area (Å²) in [6, 6.07) is 2.99. The van der Waals surface area contributed by atoms with Crippen molar-refractivity contribution in [1.29, 1.82) is 0 Å². The number of benzene rings is 1. The van der Waals surface area contributed by atoms with Crippen LogP contribution >= 0.6 is 0 Å². The summed E-state index contributed by atoms with van der Waals surface area (Å²) >= 11 is 0. The van der Waals surface area contributed by atoms with Gasteiger partial charge in [0, 0.05) is 18.3 Å². The van der Waals surface area contributed by atoms with E-state index in [9.17, 15) is 12.8 Å². The molecule has 1 aromatic carbocycles. The second kappa shape index (κ2) is 7.01. The molecule has 0 saturated heterocycles. The molecule has 0 aliphatic heterocycles. The number of nitrogen functional groups attached to an aromatic ring is 1. The van der Waals surface area contributed by atoms with Crippen LogP contribution in [0.2, 0.25) is 0 Å². The van der Waals surface area contributed by atoms with E-state index in [0.717, 1.165) is 12.1 Å². The van der Waals surface area contributed by atoms with Gasteiger partial charge in [0.05, 0.1) is 11.5 Å². The Morgan fingerprint density at radius 2 is 1.90 bits per heavy atom. The molecular weight excluding hydrogens is 283 g/mol. The molecule has 7 heteroatoms. The second-order valence-corrected chi connectivity index (χ2v) is 6.42. The summed E-state index contributed by atoms with van der Waals surface area (Å²) in [5, 5.41) is 9.09. The van der Waals surface area contributed by atoms with Crippen LogP contribution in [-0.2, 0) is 10.0 Å². The number of nitrogens with two attached hydrogens (primary N) is 1. The van der Waals surface area contributed by atoms with Crippen LogP contribution in [0.1, 0.15) is 26.7 Å². The van der Waals surface area contributed by atoms with E-state index in [2.05, 4.69) is 0 Å². The molecule has 0 spiro atoms. The zero-order valence-electron chi connectivity index (χ0n) is 11.7. The molecule has 0 fully saturated rings. The number of nitrogens with zero attached hydrogens (tertiary/aromatic N) is 1. The molecule has 3 N–H and O–H groups in total. The third-order valence-electron chi connectivity index (χ3n) is 3.17. The van der Waals surface area contributed by atoms with Gasteiger partial charge in [-0.25, -0.2) is 12.8 Å². The Morgan fingerprint density at radius 1 is 1.30 bits per heavy atom. The Labute approximate surface area is 119 Å². The Morgan fingerprint density at radius 3 is 2.35 bits per heavy atom. The van der Waals surface area contributed by atoms with Crippen molar-refractivity contribution >= 4 is 15.7 Å². The summed E-state index contributed by atoms with van der Waals surface area (Å²) < 4.78 is 39.7. The predicted octanol–water partition coefficient (Wildman–Crippen LogP) is 1.58. The molecule has 0 aromatic heterocycles. The fraction of sp³-hybridized carbons (Fsp3) is 0.538. The molecule has 1 rings (SSSR count). The predicted molar refractivity (Wildman–Crippen MR) is 76.2 cm³/mol. The monoisotopic (exact) mass is 304 g/mol. The topological polar surface area (TPSA) is 83.6 Å². The van der Waals surface area contributed by atoms with Crippen molar-refractivity contribution in [3.8, 4) is 0 Å². The number of aliphatic hydroxyl groups is 1. The molecule has 0 saturated carbocycles.